The molecule has 0 saturated carbocycles. The van der Waals surface area contributed by atoms with E-state index in [0.29, 0.717) is 23.1 Å². The highest BCUT2D eigenvalue weighted by Crippen LogP contribution is 2.22. The van der Waals surface area contributed by atoms with Gasteiger partial charge in [-0.2, -0.15) is 0 Å². The maximum Gasteiger partial charge on any atom is 0.310 e. The molecular formula is C20H17ClN2O4. The van der Waals surface area contributed by atoms with Gasteiger partial charge in [-0.15, -0.1) is 0 Å². The third-order valence-electron chi connectivity index (χ3n) is 3.74. The van der Waals surface area contributed by atoms with E-state index < -0.39 is 5.91 Å². The molecule has 6 nitrogen and oxygen atoms in total. The number of rotatable bonds is 6. The van der Waals surface area contributed by atoms with Crippen LogP contribution < -0.4 is 5.32 Å². The van der Waals surface area contributed by atoms with Crippen LogP contribution >= 0.6 is 11.6 Å². The number of carbonyl (C=O) groups is 2. The van der Waals surface area contributed by atoms with Crippen LogP contribution in [0.5, 0.6) is 0 Å². The van der Waals surface area contributed by atoms with Gasteiger partial charge in [-0.3, -0.25) is 9.59 Å². The lowest BCUT2D eigenvalue weighted by molar-refractivity contribution is -0.142. The maximum absolute atomic E-state index is 12.3. The molecule has 0 bridgehead atoms. The molecule has 0 radical (unpaired) electrons. The first-order valence-corrected chi connectivity index (χ1v) is 8.71. The first kappa shape index (κ1) is 18.7. The van der Waals surface area contributed by atoms with Gasteiger partial charge in [0.1, 0.15) is 0 Å². The monoisotopic (exact) mass is 384 g/mol. The molecule has 1 amide bonds. The number of carbonyl (C=O) groups excluding carboxylic acids is 2. The van der Waals surface area contributed by atoms with E-state index in [4.69, 9.17) is 20.9 Å². The van der Waals surface area contributed by atoms with Gasteiger partial charge in [0.05, 0.1) is 13.0 Å². The molecule has 0 atom stereocenters. The molecule has 0 spiro atoms. The number of amides is 1. The minimum Gasteiger partial charge on any atom is -0.466 e. The van der Waals surface area contributed by atoms with Crippen LogP contribution in [0.25, 0.3) is 11.3 Å². The van der Waals surface area contributed by atoms with E-state index in [1.54, 1.807) is 61.5 Å². The number of anilines is 1. The van der Waals surface area contributed by atoms with Crippen LogP contribution in [0.4, 0.5) is 5.69 Å². The number of ether oxygens (including phenoxy) is 1. The first-order valence-electron chi connectivity index (χ1n) is 8.33. The van der Waals surface area contributed by atoms with Crippen LogP contribution in [0.15, 0.2) is 59.1 Å². The molecule has 138 valence electrons. The van der Waals surface area contributed by atoms with Crippen molar-refractivity contribution in [3.8, 4) is 11.3 Å². The van der Waals surface area contributed by atoms with Crippen molar-refractivity contribution in [2.45, 2.75) is 13.3 Å². The summed E-state index contributed by atoms with van der Waals surface area (Å²) in [7, 11) is 0. The minimum atomic E-state index is -0.392. The van der Waals surface area contributed by atoms with E-state index in [0.717, 1.165) is 11.1 Å². The number of hydrogen-bond acceptors (Lipinski definition) is 5. The summed E-state index contributed by atoms with van der Waals surface area (Å²) in [4.78, 5) is 23.8. The summed E-state index contributed by atoms with van der Waals surface area (Å²) in [6.45, 7) is 2.11. The lowest BCUT2D eigenvalue weighted by Gasteiger charge is -2.05. The van der Waals surface area contributed by atoms with Crippen LogP contribution in [0.1, 0.15) is 23.0 Å². The van der Waals surface area contributed by atoms with Gasteiger partial charge in [0, 0.05) is 22.3 Å². The Morgan fingerprint density at radius 2 is 1.81 bits per heavy atom. The Morgan fingerprint density at radius 3 is 2.48 bits per heavy atom. The smallest absolute Gasteiger partial charge is 0.310 e. The van der Waals surface area contributed by atoms with Crippen LogP contribution in [-0.4, -0.2) is 23.6 Å². The summed E-state index contributed by atoms with van der Waals surface area (Å²) in [5.41, 5.74) is 2.33. The number of esters is 1. The number of benzene rings is 2. The molecule has 7 heteroatoms. The molecule has 3 rings (SSSR count). The van der Waals surface area contributed by atoms with Gasteiger partial charge < -0.3 is 14.6 Å². The Labute approximate surface area is 161 Å². The third kappa shape index (κ3) is 4.95. The predicted octanol–water partition coefficient (Wildman–Crippen LogP) is 4.35. The van der Waals surface area contributed by atoms with Crippen molar-refractivity contribution in [1.29, 1.82) is 0 Å². The second-order valence-corrected chi connectivity index (χ2v) is 6.15. The number of halogens is 1. The van der Waals surface area contributed by atoms with E-state index in [-0.39, 0.29) is 18.1 Å². The molecule has 0 unspecified atom stereocenters. The number of nitrogens with zero attached hydrogens (tertiary/aromatic N) is 1. The van der Waals surface area contributed by atoms with E-state index in [1.807, 2.05) is 0 Å². The lowest BCUT2D eigenvalue weighted by atomic mass is 10.1. The second kappa shape index (κ2) is 8.51. The Bertz CT molecular complexity index is 933. The minimum absolute atomic E-state index is 0.163. The molecule has 0 aliphatic heterocycles. The average molecular weight is 385 g/mol. The Morgan fingerprint density at radius 1 is 1.11 bits per heavy atom. The van der Waals surface area contributed by atoms with Crippen molar-refractivity contribution < 1.29 is 18.8 Å². The molecule has 1 heterocycles. The maximum atomic E-state index is 12.3. The SMILES string of the molecule is CCOC(=O)Cc1ccc(NC(=O)c2cc(-c3ccc(Cl)cc3)on2)cc1. The van der Waals surface area contributed by atoms with E-state index >= 15 is 0 Å². The number of hydrogen-bond donors (Lipinski definition) is 1. The van der Waals surface area contributed by atoms with Crippen molar-refractivity contribution in [1.82, 2.24) is 5.16 Å². The zero-order valence-corrected chi connectivity index (χ0v) is 15.3. The van der Waals surface area contributed by atoms with E-state index in [1.165, 1.54) is 0 Å². The van der Waals surface area contributed by atoms with Gasteiger partial charge in [0.15, 0.2) is 11.5 Å². The fourth-order valence-corrected chi connectivity index (χ4v) is 2.54. The summed E-state index contributed by atoms with van der Waals surface area (Å²) in [6, 6.07) is 15.5. The van der Waals surface area contributed by atoms with Crippen LogP contribution in [0, 0.1) is 0 Å². The molecule has 0 fully saturated rings. The van der Waals surface area contributed by atoms with Crippen LogP contribution in [0.2, 0.25) is 5.02 Å². The quantitative estimate of drug-likeness (QED) is 0.639. The standard InChI is InChI=1S/C20H17ClN2O4/c1-2-26-19(24)11-13-3-9-16(10-4-13)22-20(25)17-12-18(27-23-17)14-5-7-15(21)8-6-14/h3-10,12H,2,11H2,1H3,(H,22,25). The highest BCUT2D eigenvalue weighted by Gasteiger charge is 2.14. The Hall–Kier alpha value is -3.12. The van der Waals surface area contributed by atoms with Crippen molar-refractivity contribution in [2.75, 3.05) is 11.9 Å². The molecule has 0 aliphatic carbocycles. The molecule has 1 N–H and O–H groups in total. The van der Waals surface area contributed by atoms with Crippen LogP contribution in [-0.2, 0) is 16.0 Å². The fourth-order valence-electron chi connectivity index (χ4n) is 2.41. The van der Waals surface area contributed by atoms with Gasteiger partial charge in [0.25, 0.3) is 5.91 Å². The van der Waals surface area contributed by atoms with Crippen molar-refractivity contribution in [3.05, 3.63) is 70.9 Å². The number of aromatic nitrogens is 1. The molecule has 0 aliphatic rings. The van der Waals surface area contributed by atoms with E-state index in [9.17, 15) is 9.59 Å². The van der Waals surface area contributed by atoms with Crippen molar-refractivity contribution in [2.24, 2.45) is 0 Å². The molecule has 2 aromatic carbocycles. The molecule has 0 saturated heterocycles. The topological polar surface area (TPSA) is 81.4 Å². The zero-order chi connectivity index (χ0) is 19.2. The number of nitrogens with one attached hydrogen (secondary N) is 1. The summed E-state index contributed by atoms with van der Waals surface area (Å²) in [5, 5.41) is 7.16. The summed E-state index contributed by atoms with van der Waals surface area (Å²) in [5.74, 6) is -0.203. The largest absolute Gasteiger partial charge is 0.466 e. The van der Waals surface area contributed by atoms with Gasteiger partial charge >= 0.3 is 5.97 Å². The van der Waals surface area contributed by atoms with Crippen LogP contribution in [0.3, 0.4) is 0 Å². The summed E-state index contributed by atoms with van der Waals surface area (Å²) in [6.07, 6.45) is 0.190. The normalized spacial score (nSPS) is 10.4. The highest BCUT2D eigenvalue weighted by molar-refractivity contribution is 6.30. The van der Waals surface area contributed by atoms with Crippen molar-refractivity contribution in [3.63, 3.8) is 0 Å². The fraction of sp³-hybridized carbons (Fsp3) is 0.150. The summed E-state index contributed by atoms with van der Waals surface area (Å²) >= 11 is 5.86. The first-order chi connectivity index (χ1) is 13.0. The summed E-state index contributed by atoms with van der Waals surface area (Å²) < 4.78 is 10.1. The molecule has 1 aromatic heterocycles. The van der Waals surface area contributed by atoms with Crippen molar-refractivity contribution >= 4 is 29.2 Å². The van der Waals surface area contributed by atoms with Gasteiger partial charge in [-0.05, 0) is 48.9 Å². The highest BCUT2D eigenvalue weighted by atomic mass is 35.5. The average Bonchev–Trinajstić information content (AvgIpc) is 3.14. The third-order valence-corrected chi connectivity index (χ3v) is 3.99. The predicted molar refractivity (Wildman–Crippen MR) is 102 cm³/mol. The van der Waals surface area contributed by atoms with Gasteiger partial charge in [0.2, 0.25) is 0 Å². The zero-order valence-electron chi connectivity index (χ0n) is 14.6. The van der Waals surface area contributed by atoms with Gasteiger partial charge in [-0.25, -0.2) is 0 Å². The Balaban J connectivity index is 1.63. The second-order valence-electron chi connectivity index (χ2n) is 5.72. The molecule has 27 heavy (non-hydrogen) atoms. The molecular weight excluding hydrogens is 368 g/mol. The Kier molecular flexibility index (Phi) is 5.88. The van der Waals surface area contributed by atoms with E-state index in [2.05, 4.69) is 10.5 Å². The molecule has 3 aromatic rings. The lowest BCUT2D eigenvalue weighted by Crippen LogP contribution is -2.12. The van der Waals surface area contributed by atoms with Gasteiger partial charge in [-0.1, -0.05) is 28.9 Å².